The topological polar surface area (TPSA) is 52.7 Å². The Labute approximate surface area is 99.4 Å². The first-order valence-corrected chi connectivity index (χ1v) is 6.55. The summed E-state index contributed by atoms with van der Waals surface area (Å²) in [6.45, 7) is 9.21. The molecule has 0 aromatic carbocycles. The number of hydrogen-bond donors (Lipinski definition) is 2. The van der Waals surface area contributed by atoms with Gasteiger partial charge in [-0.1, -0.05) is 0 Å². The highest BCUT2D eigenvalue weighted by Gasteiger charge is 2.15. The van der Waals surface area contributed by atoms with E-state index in [2.05, 4.69) is 9.80 Å². The molecule has 0 aliphatic carbocycles. The van der Waals surface area contributed by atoms with Crippen LogP contribution in [0.2, 0.25) is 0 Å². The van der Waals surface area contributed by atoms with E-state index in [4.69, 9.17) is 5.73 Å². The number of aliphatic hydroxyl groups excluding tert-OH is 1. The maximum atomic E-state index is 9.37. The average Bonchev–Trinajstić information content (AvgIpc) is 2.44. The number of β-amino-alcohol motifs (C(OH)–C–C–N with tert-alkyl or cyclic N) is 1. The summed E-state index contributed by atoms with van der Waals surface area (Å²) in [5.74, 6) is 0. The van der Waals surface area contributed by atoms with Crippen LogP contribution < -0.4 is 5.73 Å². The lowest BCUT2D eigenvalue weighted by atomic mass is 10.3. The van der Waals surface area contributed by atoms with Crippen LogP contribution in [0.1, 0.15) is 26.2 Å². The smallest absolute Gasteiger partial charge is 0.0639 e. The fraction of sp³-hybridized carbons (Fsp3) is 1.00. The van der Waals surface area contributed by atoms with Gasteiger partial charge in [-0.3, -0.25) is 4.90 Å². The van der Waals surface area contributed by atoms with Crippen molar-refractivity contribution >= 4 is 0 Å². The highest BCUT2D eigenvalue weighted by atomic mass is 16.3. The van der Waals surface area contributed by atoms with Crippen LogP contribution in [0, 0.1) is 0 Å². The molecule has 1 heterocycles. The maximum absolute atomic E-state index is 9.37. The van der Waals surface area contributed by atoms with E-state index in [-0.39, 0.29) is 6.10 Å². The summed E-state index contributed by atoms with van der Waals surface area (Å²) in [7, 11) is 0. The van der Waals surface area contributed by atoms with Crippen LogP contribution in [0.4, 0.5) is 0 Å². The lowest BCUT2D eigenvalue weighted by molar-refractivity contribution is 0.128. The highest BCUT2D eigenvalue weighted by Crippen LogP contribution is 2.05. The van der Waals surface area contributed by atoms with Crippen molar-refractivity contribution < 1.29 is 5.11 Å². The maximum Gasteiger partial charge on any atom is 0.0639 e. The van der Waals surface area contributed by atoms with Gasteiger partial charge < -0.3 is 15.7 Å². The second-order valence-electron chi connectivity index (χ2n) is 4.84. The van der Waals surface area contributed by atoms with Crippen LogP contribution in [-0.2, 0) is 0 Å². The second kappa shape index (κ2) is 8.01. The van der Waals surface area contributed by atoms with Gasteiger partial charge in [0.2, 0.25) is 0 Å². The molecule has 0 amide bonds. The summed E-state index contributed by atoms with van der Waals surface area (Å²) in [6, 6.07) is 0. The van der Waals surface area contributed by atoms with Crippen LogP contribution in [0.3, 0.4) is 0 Å². The van der Waals surface area contributed by atoms with Crippen molar-refractivity contribution in [3.63, 3.8) is 0 Å². The molecule has 1 aliphatic heterocycles. The van der Waals surface area contributed by atoms with Crippen LogP contribution >= 0.6 is 0 Å². The second-order valence-corrected chi connectivity index (χ2v) is 4.84. The molecule has 4 heteroatoms. The summed E-state index contributed by atoms with van der Waals surface area (Å²) in [5.41, 5.74) is 5.50. The Balaban J connectivity index is 2.18. The fourth-order valence-electron chi connectivity index (χ4n) is 2.28. The van der Waals surface area contributed by atoms with Gasteiger partial charge in [0.25, 0.3) is 0 Å². The largest absolute Gasteiger partial charge is 0.392 e. The van der Waals surface area contributed by atoms with Crippen molar-refractivity contribution in [2.24, 2.45) is 5.73 Å². The molecule has 0 saturated carbocycles. The fourth-order valence-corrected chi connectivity index (χ4v) is 2.28. The summed E-state index contributed by atoms with van der Waals surface area (Å²) in [4.78, 5) is 4.89. The molecule has 0 spiro atoms. The van der Waals surface area contributed by atoms with Gasteiger partial charge in [-0.25, -0.2) is 0 Å². The number of nitrogens with zero attached hydrogens (tertiary/aromatic N) is 2. The van der Waals surface area contributed by atoms with E-state index in [0.717, 1.165) is 39.1 Å². The summed E-state index contributed by atoms with van der Waals surface area (Å²) in [6.07, 6.45) is 3.36. The number of hydrogen-bond acceptors (Lipinski definition) is 4. The molecule has 0 aromatic rings. The Hall–Kier alpha value is -0.160. The van der Waals surface area contributed by atoms with Gasteiger partial charge in [-0.2, -0.15) is 0 Å². The van der Waals surface area contributed by atoms with Gasteiger partial charge >= 0.3 is 0 Å². The molecule has 16 heavy (non-hydrogen) atoms. The molecule has 1 fully saturated rings. The molecular formula is C12H27N3O. The zero-order valence-corrected chi connectivity index (χ0v) is 10.6. The molecule has 3 N–H and O–H groups in total. The average molecular weight is 229 g/mol. The van der Waals surface area contributed by atoms with Crippen molar-refractivity contribution in [3.8, 4) is 0 Å². The molecule has 96 valence electrons. The third-order valence-electron chi connectivity index (χ3n) is 3.13. The van der Waals surface area contributed by atoms with Crippen molar-refractivity contribution in [3.05, 3.63) is 0 Å². The van der Waals surface area contributed by atoms with Gasteiger partial charge in [0, 0.05) is 19.6 Å². The zero-order chi connectivity index (χ0) is 11.8. The van der Waals surface area contributed by atoms with E-state index in [1.165, 1.54) is 25.9 Å². The third kappa shape index (κ3) is 5.80. The van der Waals surface area contributed by atoms with E-state index in [0.29, 0.717) is 0 Å². The molecule has 1 unspecified atom stereocenters. The van der Waals surface area contributed by atoms with E-state index in [1.54, 1.807) is 0 Å². The molecule has 0 aromatic heterocycles. The van der Waals surface area contributed by atoms with E-state index in [9.17, 15) is 5.11 Å². The van der Waals surface area contributed by atoms with E-state index >= 15 is 0 Å². The number of nitrogens with two attached hydrogens (primary N) is 1. The molecule has 0 bridgehead atoms. The van der Waals surface area contributed by atoms with Crippen molar-refractivity contribution in [1.29, 1.82) is 0 Å². The van der Waals surface area contributed by atoms with E-state index in [1.807, 2.05) is 6.92 Å². The Morgan fingerprint density at radius 2 is 1.81 bits per heavy atom. The monoisotopic (exact) mass is 229 g/mol. The summed E-state index contributed by atoms with van der Waals surface area (Å²) < 4.78 is 0. The Morgan fingerprint density at radius 3 is 2.50 bits per heavy atom. The Morgan fingerprint density at radius 1 is 1.12 bits per heavy atom. The van der Waals surface area contributed by atoms with Crippen molar-refractivity contribution in [2.75, 3.05) is 45.8 Å². The minimum atomic E-state index is -0.205. The van der Waals surface area contributed by atoms with E-state index < -0.39 is 0 Å². The van der Waals surface area contributed by atoms with Crippen LogP contribution in [0.5, 0.6) is 0 Å². The predicted octanol–water partition coefficient (Wildman–Crippen LogP) is 0.114. The van der Waals surface area contributed by atoms with Gasteiger partial charge in [0.15, 0.2) is 0 Å². The molecule has 1 rings (SSSR count). The van der Waals surface area contributed by atoms with Gasteiger partial charge in [-0.15, -0.1) is 0 Å². The quantitative estimate of drug-likeness (QED) is 0.635. The molecule has 1 saturated heterocycles. The van der Waals surface area contributed by atoms with Gasteiger partial charge in [0.05, 0.1) is 6.10 Å². The lowest BCUT2D eigenvalue weighted by Gasteiger charge is -2.22. The molecule has 4 nitrogen and oxygen atoms in total. The molecule has 1 atom stereocenters. The summed E-state index contributed by atoms with van der Waals surface area (Å²) >= 11 is 0. The highest BCUT2D eigenvalue weighted by molar-refractivity contribution is 4.71. The standard InChI is InChI=1S/C12H27N3O/c1-12(16)11-15-8-4-7-14(9-10-15)6-3-2-5-13/h12,16H,2-11,13H2,1H3. The van der Waals surface area contributed by atoms with Crippen LogP contribution in [0.15, 0.2) is 0 Å². The molecule has 1 aliphatic rings. The lowest BCUT2D eigenvalue weighted by Crippen LogP contribution is -2.35. The van der Waals surface area contributed by atoms with Crippen molar-refractivity contribution in [1.82, 2.24) is 9.80 Å². The SMILES string of the molecule is CC(O)CN1CCCN(CCCCN)CC1. The first-order valence-electron chi connectivity index (χ1n) is 6.55. The third-order valence-corrected chi connectivity index (χ3v) is 3.13. The molecule has 0 radical (unpaired) electrons. The Bertz CT molecular complexity index is 176. The van der Waals surface area contributed by atoms with Gasteiger partial charge in [0.1, 0.15) is 0 Å². The van der Waals surface area contributed by atoms with Crippen LogP contribution in [-0.4, -0.2) is 66.8 Å². The van der Waals surface area contributed by atoms with Gasteiger partial charge in [-0.05, 0) is 52.4 Å². The minimum absolute atomic E-state index is 0.205. The normalized spacial score (nSPS) is 21.9. The minimum Gasteiger partial charge on any atom is -0.392 e. The number of rotatable bonds is 6. The van der Waals surface area contributed by atoms with Crippen LogP contribution in [0.25, 0.3) is 0 Å². The first-order chi connectivity index (χ1) is 7.72. The first kappa shape index (κ1) is 13.9. The number of aliphatic hydroxyl groups is 1. The predicted molar refractivity (Wildman–Crippen MR) is 67.5 cm³/mol. The van der Waals surface area contributed by atoms with Crippen molar-refractivity contribution in [2.45, 2.75) is 32.3 Å². The Kier molecular flexibility index (Phi) is 6.96. The summed E-state index contributed by atoms with van der Waals surface area (Å²) in [5, 5.41) is 9.37. The zero-order valence-electron chi connectivity index (χ0n) is 10.6. The molecular weight excluding hydrogens is 202 g/mol. The number of unbranched alkanes of at least 4 members (excludes halogenated alkanes) is 1.